The predicted molar refractivity (Wildman–Crippen MR) is 97.9 cm³/mol. The van der Waals surface area contributed by atoms with E-state index in [1.54, 1.807) is 6.07 Å². The van der Waals surface area contributed by atoms with E-state index >= 15 is 0 Å². The fourth-order valence-electron chi connectivity index (χ4n) is 2.48. The normalized spacial score (nSPS) is 27.6. The lowest BCUT2D eigenvalue weighted by molar-refractivity contribution is 0.494. The van der Waals surface area contributed by atoms with Gasteiger partial charge in [-0.1, -0.05) is 32.9 Å². The minimum Gasteiger partial charge on any atom is -0.309 e. The average molecular weight is 392 g/mol. The lowest BCUT2D eigenvalue weighted by Gasteiger charge is -2.36. The molecule has 1 aromatic carbocycles. The number of nitrogens with one attached hydrogen (secondary N) is 1. The Hall–Kier alpha value is 0.290. The minimum absolute atomic E-state index is 0.0786. The average Bonchev–Trinajstić information content (AvgIpc) is 2.47. The van der Waals surface area contributed by atoms with Gasteiger partial charge in [0.05, 0.1) is 4.47 Å². The summed E-state index contributed by atoms with van der Waals surface area (Å²) in [7, 11) is 0. The highest BCUT2D eigenvalue weighted by molar-refractivity contribution is 9.10. The molecular formula is C16H23BrFNS2. The van der Waals surface area contributed by atoms with Crippen molar-refractivity contribution in [3.8, 4) is 0 Å². The van der Waals surface area contributed by atoms with Crippen molar-refractivity contribution >= 4 is 39.5 Å². The Labute approximate surface area is 144 Å². The van der Waals surface area contributed by atoms with Crippen LogP contribution in [0.15, 0.2) is 22.7 Å². The number of rotatable bonds is 5. The summed E-state index contributed by atoms with van der Waals surface area (Å²) in [6.07, 6.45) is 1.06. The van der Waals surface area contributed by atoms with E-state index in [4.69, 9.17) is 0 Å². The van der Waals surface area contributed by atoms with Crippen molar-refractivity contribution in [2.24, 2.45) is 0 Å². The summed E-state index contributed by atoms with van der Waals surface area (Å²) >= 11 is 7.32. The van der Waals surface area contributed by atoms with Crippen LogP contribution in [0.4, 0.5) is 4.39 Å². The molecule has 0 bridgehead atoms. The first-order chi connectivity index (χ1) is 10.0. The van der Waals surface area contributed by atoms with Crippen LogP contribution in [-0.4, -0.2) is 28.0 Å². The van der Waals surface area contributed by atoms with Gasteiger partial charge in [-0.05, 0) is 35.0 Å². The van der Waals surface area contributed by atoms with Gasteiger partial charge in [-0.3, -0.25) is 0 Å². The van der Waals surface area contributed by atoms with Crippen molar-refractivity contribution in [1.82, 2.24) is 5.32 Å². The Kier molecular flexibility index (Phi) is 6.91. The van der Waals surface area contributed by atoms with Crippen molar-refractivity contribution in [3.05, 3.63) is 34.1 Å². The molecule has 1 aliphatic heterocycles. The summed E-state index contributed by atoms with van der Waals surface area (Å²) < 4.78 is 15.1. The van der Waals surface area contributed by atoms with Gasteiger partial charge in [-0.25, -0.2) is 4.39 Å². The van der Waals surface area contributed by atoms with E-state index in [0.29, 0.717) is 20.2 Å². The predicted octanol–water partition coefficient (Wildman–Crippen LogP) is 5.25. The maximum Gasteiger partial charge on any atom is 0.142 e. The number of hydrogen-bond donors (Lipinski definition) is 1. The van der Waals surface area contributed by atoms with E-state index in [1.165, 1.54) is 0 Å². The van der Waals surface area contributed by atoms with Gasteiger partial charge in [0, 0.05) is 33.1 Å². The zero-order valence-electron chi connectivity index (χ0n) is 12.7. The molecule has 1 nitrogen and oxygen atoms in total. The van der Waals surface area contributed by atoms with E-state index in [9.17, 15) is 4.39 Å². The van der Waals surface area contributed by atoms with Gasteiger partial charge in [-0.2, -0.15) is 23.5 Å². The molecule has 0 spiro atoms. The van der Waals surface area contributed by atoms with E-state index in [-0.39, 0.29) is 11.9 Å². The second-order valence-corrected chi connectivity index (χ2v) is 9.38. The van der Waals surface area contributed by atoms with E-state index < -0.39 is 0 Å². The Balaban J connectivity index is 2.23. The first-order valence-corrected chi connectivity index (χ1v) is 10.3. The van der Waals surface area contributed by atoms with E-state index in [2.05, 4.69) is 42.0 Å². The van der Waals surface area contributed by atoms with Crippen LogP contribution in [-0.2, 0) is 0 Å². The van der Waals surface area contributed by atoms with E-state index in [0.717, 1.165) is 24.3 Å². The standard InChI is InChI=1S/C16H23BrFNS2/c1-4-8-19-16(12-6-5-7-13(17)15(12)18)14-9-20-10(2)11(3)21-14/h5-7,10-11,14,16,19H,4,8-9H2,1-3H3. The molecule has 1 fully saturated rings. The molecule has 0 aromatic heterocycles. The second kappa shape index (κ2) is 8.23. The molecule has 0 radical (unpaired) electrons. The first-order valence-electron chi connectivity index (χ1n) is 7.49. The van der Waals surface area contributed by atoms with Crippen molar-refractivity contribution in [3.63, 3.8) is 0 Å². The highest BCUT2D eigenvalue weighted by Crippen LogP contribution is 2.42. The summed E-state index contributed by atoms with van der Waals surface area (Å²) in [4.78, 5) is 0. The third kappa shape index (κ3) is 4.40. The summed E-state index contributed by atoms with van der Waals surface area (Å²) in [5, 5.41) is 5.26. The summed E-state index contributed by atoms with van der Waals surface area (Å²) in [5.41, 5.74) is 0.790. The number of halogens is 2. The van der Waals surface area contributed by atoms with Crippen LogP contribution >= 0.6 is 39.5 Å². The maximum absolute atomic E-state index is 14.5. The van der Waals surface area contributed by atoms with Crippen molar-refractivity contribution < 1.29 is 4.39 Å². The van der Waals surface area contributed by atoms with E-state index in [1.807, 2.05) is 35.7 Å². The molecule has 5 heteroatoms. The number of thioether (sulfide) groups is 2. The maximum atomic E-state index is 14.5. The van der Waals surface area contributed by atoms with Gasteiger partial charge in [0.15, 0.2) is 0 Å². The van der Waals surface area contributed by atoms with Crippen LogP contribution in [0.3, 0.4) is 0 Å². The Morgan fingerprint density at radius 1 is 1.38 bits per heavy atom. The first kappa shape index (κ1) is 17.6. The molecule has 1 saturated heterocycles. The largest absolute Gasteiger partial charge is 0.309 e. The summed E-state index contributed by atoms with van der Waals surface area (Å²) in [6.45, 7) is 7.63. The highest BCUT2D eigenvalue weighted by atomic mass is 79.9. The van der Waals surface area contributed by atoms with Gasteiger partial charge in [0.2, 0.25) is 0 Å². The van der Waals surface area contributed by atoms with Crippen molar-refractivity contribution in [2.75, 3.05) is 12.3 Å². The van der Waals surface area contributed by atoms with Crippen LogP contribution in [0.2, 0.25) is 0 Å². The molecule has 0 aliphatic carbocycles. The molecule has 1 heterocycles. The lowest BCUT2D eigenvalue weighted by Crippen LogP contribution is -2.38. The quantitative estimate of drug-likeness (QED) is 0.735. The van der Waals surface area contributed by atoms with Gasteiger partial charge in [0.25, 0.3) is 0 Å². The Morgan fingerprint density at radius 3 is 2.81 bits per heavy atom. The zero-order valence-corrected chi connectivity index (χ0v) is 16.0. The molecule has 0 amide bonds. The molecule has 2 rings (SSSR count). The Morgan fingerprint density at radius 2 is 2.14 bits per heavy atom. The molecule has 0 saturated carbocycles. The van der Waals surface area contributed by atoms with Gasteiger partial charge < -0.3 is 5.32 Å². The molecule has 1 aromatic rings. The van der Waals surface area contributed by atoms with Crippen LogP contribution in [0.1, 0.15) is 38.8 Å². The Bertz CT molecular complexity index is 472. The molecule has 1 aliphatic rings. The number of benzene rings is 1. The van der Waals surface area contributed by atoms with Gasteiger partial charge >= 0.3 is 0 Å². The fraction of sp³-hybridized carbons (Fsp3) is 0.625. The minimum atomic E-state index is -0.122. The SMILES string of the molecule is CCCNC(c1cccc(Br)c1F)C1CSC(C)C(C)S1. The smallest absolute Gasteiger partial charge is 0.142 e. The summed E-state index contributed by atoms with van der Waals surface area (Å²) in [5.74, 6) is 0.951. The molecule has 4 unspecified atom stereocenters. The van der Waals surface area contributed by atoms with Crippen molar-refractivity contribution in [1.29, 1.82) is 0 Å². The van der Waals surface area contributed by atoms with Crippen LogP contribution in [0.25, 0.3) is 0 Å². The highest BCUT2D eigenvalue weighted by Gasteiger charge is 2.33. The van der Waals surface area contributed by atoms with Gasteiger partial charge in [0.1, 0.15) is 5.82 Å². The number of hydrogen-bond acceptors (Lipinski definition) is 3. The fourth-order valence-corrected chi connectivity index (χ4v) is 5.97. The monoisotopic (exact) mass is 391 g/mol. The second-order valence-electron chi connectivity index (χ2n) is 5.49. The third-order valence-electron chi connectivity index (χ3n) is 3.88. The third-order valence-corrected chi connectivity index (χ3v) is 7.98. The van der Waals surface area contributed by atoms with Crippen LogP contribution < -0.4 is 5.32 Å². The molecule has 4 atom stereocenters. The van der Waals surface area contributed by atoms with Gasteiger partial charge in [-0.15, -0.1) is 0 Å². The summed E-state index contributed by atoms with van der Waals surface area (Å²) in [6, 6.07) is 5.69. The zero-order chi connectivity index (χ0) is 15.4. The topological polar surface area (TPSA) is 12.0 Å². The van der Waals surface area contributed by atoms with Crippen LogP contribution in [0.5, 0.6) is 0 Å². The lowest BCUT2D eigenvalue weighted by atomic mass is 10.0. The van der Waals surface area contributed by atoms with Crippen LogP contribution in [0, 0.1) is 5.82 Å². The molecule has 1 N–H and O–H groups in total. The molecule has 21 heavy (non-hydrogen) atoms. The molecule has 118 valence electrons. The van der Waals surface area contributed by atoms with Crippen molar-refractivity contribution in [2.45, 2.75) is 49.0 Å². The molecular weight excluding hydrogens is 369 g/mol.